The van der Waals surface area contributed by atoms with Gasteiger partial charge in [-0.2, -0.15) is 0 Å². The molecule has 0 saturated heterocycles. The molecule has 0 aromatic rings. The summed E-state index contributed by atoms with van der Waals surface area (Å²) in [5.74, 6) is 0.708. The van der Waals surface area contributed by atoms with Gasteiger partial charge in [0, 0.05) is 12.8 Å². The zero-order valence-electron chi connectivity index (χ0n) is 9.59. The monoisotopic (exact) mass is 191 g/mol. The van der Waals surface area contributed by atoms with E-state index in [1.165, 1.54) is 30.4 Å². The van der Waals surface area contributed by atoms with Crippen LogP contribution in [0.15, 0.2) is 28.3 Å². The second kappa shape index (κ2) is 5.79. The molecule has 1 aliphatic rings. The minimum absolute atomic E-state index is 0.708. The molecule has 1 unspecified atom stereocenters. The maximum absolute atomic E-state index is 4.48. The molecule has 0 amide bonds. The highest BCUT2D eigenvalue weighted by molar-refractivity contribution is 5.84. The smallest absolute Gasteiger partial charge is 0.0415 e. The molecule has 0 heterocycles. The predicted molar refractivity (Wildman–Crippen MR) is 63.9 cm³/mol. The van der Waals surface area contributed by atoms with Gasteiger partial charge in [-0.25, -0.2) is 0 Å². The highest BCUT2D eigenvalue weighted by atomic mass is 14.7. The minimum atomic E-state index is 0.708. The van der Waals surface area contributed by atoms with Crippen molar-refractivity contribution in [2.45, 2.75) is 40.0 Å². The first-order chi connectivity index (χ1) is 6.74. The number of rotatable bonds is 4. The molecule has 0 spiro atoms. The van der Waals surface area contributed by atoms with Gasteiger partial charge in [0.2, 0.25) is 0 Å². The molecule has 0 fully saturated rings. The highest BCUT2D eigenvalue weighted by Gasteiger charge is 2.01. The van der Waals surface area contributed by atoms with Gasteiger partial charge in [0.25, 0.3) is 0 Å². The third-order valence-electron chi connectivity index (χ3n) is 2.78. The van der Waals surface area contributed by atoms with E-state index in [4.69, 9.17) is 0 Å². The second-order valence-corrected chi connectivity index (χ2v) is 4.13. The molecule has 0 aliphatic heterocycles. The molecule has 1 heteroatoms. The average Bonchev–Trinajstić information content (AvgIpc) is 2.20. The van der Waals surface area contributed by atoms with Gasteiger partial charge in [0.05, 0.1) is 0 Å². The van der Waals surface area contributed by atoms with Crippen molar-refractivity contribution in [2.75, 3.05) is 6.54 Å². The number of hydrogen-bond donors (Lipinski definition) is 0. The summed E-state index contributed by atoms with van der Waals surface area (Å²) in [5, 5.41) is 0. The van der Waals surface area contributed by atoms with Crippen LogP contribution in [0.25, 0.3) is 0 Å². The topological polar surface area (TPSA) is 12.4 Å². The molecule has 0 aromatic carbocycles. The Balaban J connectivity index is 2.43. The Morgan fingerprint density at radius 2 is 2.14 bits per heavy atom. The van der Waals surface area contributed by atoms with Gasteiger partial charge >= 0.3 is 0 Å². The fourth-order valence-electron chi connectivity index (χ4n) is 1.43. The van der Waals surface area contributed by atoms with Crippen molar-refractivity contribution >= 4 is 6.21 Å². The van der Waals surface area contributed by atoms with Crippen LogP contribution in [0.1, 0.15) is 40.0 Å². The lowest BCUT2D eigenvalue weighted by Crippen LogP contribution is -1.99. The van der Waals surface area contributed by atoms with Crippen molar-refractivity contribution < 1.29 is 0 Å². The Kier molecular flexibility index (Phi) is 4.64. The van der Waals surface area contributed by atoms with Crippen molar-refractivity contribution in [3.05, 3.63) is 23.3 Å². The van der Waals surface area contributed by atoms with E-state index in [1.807, 2.05) is 6.21 Å². The van der Waals surface area contributed by atoms with Crippen LogP contribution in [-0.2, 0) is 0 Å². The lowest BCUT2D eigenvalue weighted by Gasteiger charge is -2.08. The van der Waals surface area contributed by atoms with E-state index in [0.717, 1.165) is 6.54 Å². The van der Waals surface area contributed by atoms with Gasteiger partial charge in [-0.05, 0) is 36.8 Å². The molecular weight excluding hydrogens is 170 g/mol. The van der Waals surface area contributed by atoms with E-state index in [-0.39, 0.29) is 0 Å². The summed E-state index contributed by atoms with van der Waals surface area (Å²) >= 11 is 0. The van der Waals surface area contributed by atoms with E-state index < -0.39 is 0 Å². The minimum Gasteiger partial charge on any atom is -0.292 e. The van der Waals surface area contributed by atoms with E-state index in [1.54, 1.807) is 0 Å². The Hall–Kier alpha value is -0.850. The third kappa shape index (κ3) is 3.49. The molecule has 1 atom stereocenters. The number of aliphatic imine (C=N–C) groups is 1. The first-order valence-corrected chi connectivity index (χ1v) is 5.61. The van der Waals surface area contributed by atoms with Crippen LogP contribution in [-0.4, -0.2) is 12.8 Å². The average molecular weight is 191 g/mol. The molecular formula is C13H21N. The number of nitrogens with zero attached hydrogens (tertiary/aromatic N) is 1. The van der Waals surface area contributed by atoms with Gasteiger partial charge in [0.15, 0.2) is 0 Å². The summed E-state index contributed by atoms with van der Waals surface area (Å²) in [6.45, 7) is 7.59. The molecule has 78 valence electrons. The van der Waals surface area contributed by atoms with Gasteiger partial charge in [-0.1, -0.05) is 32.4 Å². The summed E-state index contributed by atoms with van der Waals surface area (Å²) in [4.78, 5) is 4.48. The first-order valence-electron chi connectivity index (χ1n) is 5.61. The van der Waals surface area contributed by atoms with E-state index in [2.05, 4.69) is 37.9 Å². The second-order valence-electron chi connectivity index (χ2n) is 4.13. The zero-order chi connectivity index (χ0) is 10.4. The highest BCUT2D eigenvalue weighted by Crippen LogP contribution is 2.16. The Morgan fingerprint density at radius 3 is 2.79 bits per heavy atom. The fourth-order valence-corrected chi connectivity index (χ4v) is 1.43. The van der Waals surface area contributed by atoms with Crippen molar-refractivity contribution in [2.24, 2.45) is 10.9 Å². The lowest BCUT2D eigenvalue weighted by molar-refractivity contribution is 0.578. The van der Waals surface area contributed by atoms with Crippen LogP contribution in [0.2, 0.25) is 0 Å². The van der Waals surface area contributed by atoms with Crippen LogP contribution in [0.4, 0.5) is 0 Å². The standard InChI is InChI=1S/C13H21N/c1-4-11(2)9-14-10-13-8-6-5-7-12(13)3/h7-8,10-11H,4-6,9H2,1-3H3. The maximum atomic E-state index is 4.48. The Morgan fingerprint density at radius 1 is 1.43 bits per heavy atom. The van der Waals surface area contributed by atoms with Gasteiger partial charge in [-0.15, -0.1) is 0 Å². The normalized spacial score (nSPS) is 19.4. The molecule has 0 radical (unpaired) electrons. The summed E-state index contributed by atoms with van der Waals surface area (Å²) in [6.07, 6.45) is 10.2. The van der Waals surface area contributed by atoms with E-state index in [9.17, 15) is 0 Å². The Labute approximate surface area is 87.6 Å². The van der Waals surface area contributed by atoms with Crippen LogP contribution in [0, 0.1) is 5.92 Å². The molecule has 1 aliphatic carbocycles. The number of hydrogen-bond acceptors (Lipinski definition) is 1. The predicted octanol–water partition coefficient (Wildman–Crippen LogP) is 3.77. The summed E-state index contributed by atoms with van der Waals surface area (Å²) in [5.41, 5.74) is 2.70. The summed E-state index contributed by atoms with van der Waals surface area (Å²) < 4.78 is 0. The molecule has 1 nitrogen and oxygen atoms in total. The Bertz CT molecular complexity index is 258. The van der Waals surface area contributed by atoms with Crippen molar-refractivity contribution in [3.8, 4) is 0 Å². The van der Waals surface area contributed by atoms with Crippen molar-refractivity contribution in [3.63, 3.8) is 0 Å². The molecule has 0 saturated carbocycles. The lowest BCUT2D eigenvalue weighted by atomic mass is 10.0. The van der Waals surface area contributed by atoms with Gasteiger partial charge in [-0.3, -0.25) is 4.99 Å². The maximum Gasteiger partial charge on any atom is 0.0415 e. The third-order valence-corrected chi connectivity index (χ3v) is 2.78. The van der Waals surface area contributed by atoms with Crippen LogP contribution >= 0.6 is 0 Å². The quantitative estimate of drug-likeness (QED) is 0.600. The summed E-state index contributed by atoms with van der Waals surface area (Å²) in [7, 11) is 0. The molecule has 14 heavy (non-hydrogen) atoms. The molecule has 1 rings (SSSR count). The molecule has 0 aromatic heterocycles. The molecule has 0 N–H and O–H groups in total. The van der Waals surface area contributed by atoms with Crippen molar-refractivity contribution in [1.82, 2.24) is 0 Å². The van der Waals surface area contributed by atoms with Crippen LogP contribution in [0.5, 0.6) is 0 Å². The van der Waals surface area contributed by atoms with Crippen LogP contribution in [0.3, 0.4) is 0 Å². The van der Waals surface area contributed by atoms with Gasteiger partial charge < -0.3 is 0 Å². The van der Waals surface area contributed by atoms with Gasteiger partial charge in [0.1, 0.15) is 0 Å². The van der Waals surface area contributed by atoms with Crippen LogP contribution < -0.4 is 0 Å². The fraction of sp³-hybridized carbons (Fsp3) is 0.615. The zero-order valence-corrected chi connectivity index (χ0v) is 9.59. The largest absolute Gasteiger partial charge is 0.292 e. The van der Waals surface area contributed by atoms with Crippen molar-refractivity contribution in [1.29, 1.82) is 0 Å². The van der Waals surface area contributed by atoms with E-state index in [0.29, 0.717) is 5.92 Å². The van der Waals surface area contributed by atoms with E-state index >= 15 is 0 Å². The SMILES string of the molecule is CCC(C)CN=CC1=CCCC=C1C. The first kappa shape index (κ1) is 11.2. The molecule has 0 bridgehead atoms. The number of allylic oxidation sites excluding steroid dienone is 4. The summed E-state index contributed by atoms with van der Waals surface area (Å²) in [6, 6.07) is 0.